The molecule has 0 spiro atoms. The molecule has 0 heterocycles. The van der Waals surface area contributed by atoms with Gasteiger partial charge in [0.15, 0.2) is 0 Å². The van der Waals surface area contributed by atoms with Crippen LogP contribution >= 0.6 is 34.8 Å². The molecule has 1 atom stereocenters. The lowest BCUT2D eigenvalue weighted by atomic mass is 10.0. The minimum atomic E-state index is -1.19. The Morgan fingerprint density at radius 2 is 1.52 bits per heavy atom. The van der Waals surface area contributed by atoms with Crippen LogP contribution in [0.2, 0.25) is 15.1 Å². The lowest BCUT2D eigenvalue weighted by Crippen LogP contribution is -2.42. The van der Waals surface area contributed by atoms with Gasteiger partial charge in [0.25, 0.3) is 5.91 Å². The van der Waals surface area contributed by atoms with Crippen LogP contribution in [0.3, 0.4) is 0 Å². The molecule has 2 rings (SSSR count). The van der Waals surface area contributed by atoms with Gasteiger partial charge in [-0.05, 0) is 29.8 Å². The van der Waals surface area contributed by atoms with Gasteiger partial charge >= 0.3 is 5.97 Å². The highest BCUT2D eigenvalue weighted by Gasteiger charge is 2.24. The summed E-state index contributed by atoms with van der Waals surface area (Å²) < 4.78 is 0. The first kappa shape index (κ1) is 17.6. The summed E-state index contributed by atoms with van der Waals surface area (Å²) in [6.45, 7) is 0. The van der Waals surface area contributed by atoms with E-state index in [0.29, 0.717) is 15.6 Å². The van der Waals surface area contributed by atoms with Crippen LogP contribution in [0.25, 0.3) is 0 Å². The molecule has 120 valence electrons. The number of carbonyl (C=O) groups is 2. The summed E-state index contributed by atoms with van der Waals surface area (Å²) >= 11 is 18.0. The number of carboxylic acid groups (broad SMARTS) is 1. The molecule has 23 heavy (non-hydrogen) atoms. The van der Waals surface area contributed by atoms with Gasteiger partial charge in [0.05, 0.1) is 10.6 Å². The fourth-order valence-electron chi connectivity index (χ4n) is 2.01. The van der Waals surface area contributed by atoms with Crippen molar-refractivity contribution >= 4 is 46.7 Å². The molecule has 0 aliphatic carbocycles. The maximum absolute atomic E-state index is 12.2. The van der Waals surface area contributed by atoms with Gasteiger partial charge in [-0.2, -0.15) is 0 Å². The van der Waals surface area contributed by atoms with Gasteiger partial charge in [0.2, 0.25) is 0 Å². The fourth-order valence-corrected chi connectivity index (χ4v) is 2.79. The van der Waals surface area contributed by atoms with Gasteiger partial charge in [0.1, 0.15) is 6.04 Å². The number of hydrogen-bond acceptors (Lipinski definition) is 2. The summed E-state index contributed by atoms with van der Waals surface area (Å²) in [5, 5.41) is 12.7. The normalized spacial score (nSPS) is 11.8. The van der Waals surface area contributed by atoms with E-state index in [1.165, 1.54) is 6.07 Å². The van der Waals surface area contributed by atoms with Crippen molar-refractivity contribution in [3.63, 3.8) is 0 Å². The second-order valence-electron chi connectivity index (χ2n) is 4.75. The monoisotopic (exact) mass is 371 g/mol. The predicted molar refractivity (Wildman–Crippen MR) is 90.5 cm³/mol. The smallest absolute Gasteiger partial charge is 0.326 e. The molecule has 0 bridgehead atoms. The van der Waals surface area contributed by atoms with E-state index in [9.17, 15) is 14.7 Å². The molecule has 0 saturated heterocycles. The first-order valence-electron chi connectivity index (χ1n) is 6.61. The Labute approximate surface area is 148 Å². The van der Waals surface area contributed by atoms with E-state index in [4.69, 9.17) is 34.8 Å². The molecule has 0 fully saturated rings. The van der Waals surface area contributed by atoms with Gasteiger partial charge in [-0.1, -0.05) is 53.0 Å². The molecule has 2 aromatic rings. The van der Waals surface area contributed by atoms with E-state index in [0.717, 1.165) is 0 Å². The number of rotatable bonds is 5. The molecule has 0 aromatic heterocycles. The highest BCUT2D eigenvalue weighted by Crippen LogP contribution is 2.25. The Morgan fingerprint density at radius 3 is 2.09 bits per heavy atom. The number of hydrogen-bond donors (Lipinski definition) is 2. The average molecular weight is 373 g/mol. The third kappa shape index (κ3) is 4.38. The standard InChI is InChI=1S/C16H12Cl3NO3/c17-11-5-2-1-4-9(11)15(21)20-14(16(22)23)8-10-12(18)6-3-7-13(10)19/h1-7,14H,8H2,(H,20,21)(H,22,23)/t14-/m0/s1. The second kappa shape index (κ2) is 7.68. The number of benzene rings is 2. The van der Waals surface area contributed by atoms with Crippen molar-refractivity contribution in [2.45, 2.75) is 12.5 Å². The molecule has 2 aromatic carbocycles. The molecule has 0 aliphatic heterocycles. The molecular formula is C16H12Cl3NO3. The zero-order valence-corrected chi connectivity index (χ0v) is 14.0. The zero-order valence-electron chi connectivity index (χ0n) is 11.7. The molecule has 4 nitrogen and oxygen atoms in total. The third-order valence-electron chi connectivity index (χ3n) is 3.19. The van der Waals surface area contributed by atoms with Crippen LogP contribution in [-0.4, -0.2) is 23.0 Å². The van der Waals surface area contributed by atoms with Crippen molar-refractivity contribution in [3.05, 3.63) is 68.7 Å². The lowest BCUT2D eigenvalue weighted by molar-refractivity contribution is -0.139. The number of amides is 1. The Hall–Kier alpha value is -1.75. The Bertz CT molecular complexity index is 729. The van der Waals surface area contributed by atoms with Crippen LogP contribution in [0.4, 0.5) is 0 Å². The predicted octanol–water partition coefficient (Wildman–Crippen LogP) is 4.07. The number of aliphatic carboxylic acids is 1. The van der Waals surface area contributed by atoms with Gasteiger partial charge < -0.3 is 10.4 Å². The highest BCUT2D eigenvalue weighted by atomic mass is 35.5. The Balaban J connectivity index is 2.22. The molecular weight excluding hydrogens is 361 g/mol. The van der Waals surface area contributed by atoms with Gasteiger partial charge in [-0.25, -0.2) is 4.79 Å². The fraction of sp³-hybridized carbons (Fsp3) is 0.125. The number of nitrogens with one attached hydrogen (secondary N) is 1. The molecule has 0 aliphatic rings. The summed E-state index contributed by atoms with van der Waals surface area (Å²) in [5.41, 5.74) is 0.661. The third-order valence-corrected chi connectivity index (χ3v) is 4.23. The van der Waals surface area contributed by atoms with Gasteiger partial charge in [-0.3, -0.25) is 4.79 Å². The van der Waals surface area contributed by atoms with Crippen molar-refractivity contribution in [2.75, 3.05) is 0 Å². The first-order chi connectivity index (χ1) is 10.9. The quantitative estimate of drug-likeness (QED) is 0.831. The molecule has 2 N–H and O–H groups in total. The SMILES string of the molecule is O=C(N[C@@H](Cc1c(Cl)cccc1Cl)C(=O)O)c1ccccc1Cl. The summed E-state index contributed by atoms with van der Waals surface area (Å²) in [6, 6.07) is 10.1. The number of halogens is 3. The largest absolute Gasteiger partial charge is 0.480 e. The summed E-state index contributed by atoms with van der Waals surface area (Å²) in [4.78, 5) is 23.7. The van der Waals surface area contributed by atoms with E-state index in [1.54, 1.807) is 36.4 Å². The Morgan fingerprint density at radius 1 is 0.957 bits per heavy atom. The maximum Gasteiger partial charge on any atom is 0.326 e. The maximum atomic E-state index is 12.2. The topological polar surface area (TPSA) is 66.4 Å². The van der Waals surface area contributed by atoms with Gasteiger partial charge in [-0.15, -0.1) is 0 Å². The van der Waals surface area contributed by atoms with E-state index in [2.05, 4.69) is 5.32 Å². The second-order valence-corrected chi connectivity index (χ2v) is 5.97. The van der Waals surface area contributed by atoms with Crippen LogP contribution in [0.1, 0.15) is 15.9 Å². The van der Waals surface area contributed by atoms with Gasteiger partial charge in [0, 0.05) is 16.5 Å². The van der Waals surface area contributed by atoms with E-state index < -0.39 is 17.9 Å². The molecule has 0 saturated carbocycles. The van der Waals surface area contributed by atoms with Crippen LogP contribution in [0.15, 0.2) is 42.5 Å². The molecule has 1 amide bonds. The Kier molecular flexibility index (Phi) is 5.88. The minimum Gasteiger partial charge on any atom is -0.480 e. The zero-order chi connectivity index (χ0) is 17.0. The average Bonchev–Trinajstić information content (AvgIpc) is 2.50. The van der Waals surface area contributed by atoms with Crippen LogP contribution in [0.5, 0.6) is 0 Å². The lowest BCUT2D eigenvalue weighted by Gasteiger charge is -2.16. The van der Waals surface area contributed by atoms with Crippen molar-refractivity contribution in [1.82, 2.24) is 5.32 Å². The number of carboxylic acids is 1. The van der Waals surface area contributed by atoms with Crippen LogP contribution in [-0.2, 0) is 11.2 Å². The van der Waals surface area contributed by atoms with E-state index in [1.807, 2.05) is 0 Å². The highest BCUT2D eigenvalue weighted by molar-refractivity contribution is 6.36. The van der Waals surface area contributed by atoms with Crippen molar-refractivity contribution < 1.29 is 14.7 Å². The van der Waals surface area contributed by atoms with Crippen molar-refractivity contribution in [1.29, 1.82) is 0 Å². The van der Waals surface area contributed by atoms with Crippen LogP contribution < -0.4 is 5.32 Å². The van der Waals surface area contributed by atoms with E-state index in [-0.39, 0.29) is 17.0 Å². The van der Waals surface area contributed by atoms with Crippen molar-refractivity contribution in [2.24, 2.45) is 0 Å². The minimum absolute atomic E-state index is 0.0377. The molecule has 0 unspecified atom stereocenters. The van der Waals surface area contributed by atoms with Crippen LogP contribution in [0, 0.1) is 0 Å². The van der Waals surface area contributed by atoms with Crippen molar-refractivity contribution in [3.8, 4) is 0 Å². The summed E-state index contributed by atoms with van der Waals surface area (Å²) in [7, 11) is 0. The van der Waals surface area contributed by atoms with E-state index >= 15 is 0 Å². The summed E-state index contributed by atoms with van der Waals surface area (Å²) in [6.07, 6.45) is -0.0377. The molecule has 0 radical (unpaired) electrons. The molecule has 7 heteroatoms. The first-order valence-corrected chi connectivity index (χ1v) is 7.74. The number of carbonyl (C=O) groups excluding carboxylic acids is 1. The summed E-state index contributed by atoms with van der Waals surface area (Å²) in [5.74, 6) is -1.77.